The third kappa shape index (κ3) is 2.98. The van der Waals surface area contributed by atoms with Crippen LogP contribution in [0.4, 0.5) is 17.1 Å². The number of rotatable bonds is 4. The maximum atomic E-state index is 12.4. The van der Waals surface area contributed by atoms with Crippen molar-refractivity contribution in [3.8, 4) is 5.75 Å². The van der Waals surface area contributed by atoms with Gasteiger partial charge in [0.25, 0.3) is 5.69 Å². The van der Waals surface area contributed by atoms with Crippen molar-refractivity contribution < 1.29 is 18.1 Å². The lowest BCUT2D eigenvalue weighted by molar-refractivity contribution is -0.384. The summed E-state index contributed by atoms with van der Waals surface area (Å²) in [5.41, 5.74) is 1.06. The van der Waals surface area contributed by atoms with Crippen molar-refractivity contribution in [3.05, 3.63) is 58.6 Å². The van der Waals surface area contributed by atoms with Crippen molar-refractivity contribution in [2.75, 3.05) is 28.4 Å². The van der Waals surface area contributed by atoms with Gasteiger partial charge >= 0.3 is 0 Å². The standard InChI is InChI=1S/C18H17N3O5S2/c1-26-17-8-7-13(21(22)23)9-14(17)20-16-11-28(24,25)10-15(16)19(18(20)27)12-5-3-2-4-6-12/h2-9,15-16H,10-11H2,1H3. The smallest absolute Gasteiger partial charge is 0.271 e. The van der Waals surface area contributed by atoms with Crippen LogP contribution in [0.1, 0.15) is 0 Å². The highest BCUT2D eigenvalue weighted by molar-refractivity contribution is 7.91. The molecule has 0 saturated carbocycles. The Hall–Kier alpha value is -2.72. The molecule has 0 bridgehead atoms. The molecule has 0 amide bonds. The normalized spacial score (nSPS) is 23.0. The summed E-state index contributed by atoms with van der Waals surface area (Å²) in [6.07, 6.45) is 0. The van der Waals surface area contributed by atoms with Gasteiger partial charge in [0, 0.05) is 17.8 Å². The van der Waals surface area contributed by atoms with Crippen LogP contribution in [-0.4, -0.2) is 49.2 Å². The van der Waals surface area contributed by atoms with E-state index in [1.807, 2.05) is 35.2 Å². The van der Waals surface area contributed by atoms with Crippen LogP contribution in [0.5, 0.6) is 5.75 Å². The van der Waals surface area contributed by atoms with Crippen LogP contribution in [0.3, 0.4) is 0 Å². The number of non-ortho nitro benzene ring substituents is 1. The summed E-state index contributed by atoms with van der Waals surface area (Å²) in [5.74, 6) is 0.291. The summed E-state index contributed by atoms with van der Waals surface area (Å²) in [4.78, 5) is 14.3. The van der Waals surface area contributed by atoms with Gasteiger partial charge in [0.15, 0.2) is 14.9 Å². The fourth-order valence-corrected chi connectivity index (χ4v) is 6.25. The average molecular weight is 419 g/mol. The summed E-state index contributed by atoms with van der Waals surface area (Å²) in [7, 11) is -1.81. The number of nitro benzene ring substituents is 1. The number of thiocarbonyl (C=S) groups is 1. The second kappa shape index (κ2) is 6.71. The summed E-state index contributed by atoms with van der Waals surface area (Å²) in [5, 5.41) is 11.7. The van der Waals surface area contributed by atoms with Gasteiger partial charge < -0.3 is 14.5 Å². The molecular weight excluding hydrogens is 402 g/mol. The summed E-state index contributed by atoms with van der Waals surface area (Å²) in [6, 6.07) is 12.7. The number of nitrogens with zero attached hydrogens (tertiary/aromatic N) is 3. The van der Waals surface area contributed by atoms with Crippen molar-refractivity contribution in [1.29, 1.82) is 0 Å². The zero-order valence-electron chi connectivity index (χ0n) is 14.9. The molecular formula is C18H17N3O5S2. The van der Waals surface area contributed by atoms with Crippen LogP contribution in [0.25, 0.3) is 0 Å². The van der Waals surface area contributed by atoms with Crippen molar-refractivity contribution in [1.82, 2.24) is 0 Å². The number of nitro groups is 1. The Kier molecular flexibility index (Phi) is 4.47. The third-order valence-corrected chi connectivity index (χ3v) is 7.13. The van der Waals surface area contributed by atoms with E-state index in [9.17, 15) is 18.5 Å². The molecule has 2 unspecified atom stereocenters. The van der Waals surface area contributed by atoms with E-state index in [-0.39, 0.29) is 23.2 Å². The molecule has 2 aromatic carbocycles. The van der Waals surface area contributed by atoms with E-state index < -0.39 is 20.8 Å². The van der Waals surface area contributed by atoms with E-state index in [1.54, 1.807) is 4.90 Å². The van der Waals surface area contributed by atoms with Crippen LogP contribution in [0.2, 0.25) is 0 Å². The topological polar surface area (TPSA) is 93.0 Å². The number of ether oxygens (including phenoxy) is 1. The molecule has 2 aliphatic heterocycles. The second-order valence-corrected chi connectivity index (χ2v) is 9.20. The molecule has 4 rings (SSSR count). The monoisotopic (exact) mass is 419 g/mol. The second-order valence-electron chi connectivity index (χ2n) is 6.68. The van der Waals surface area contributed by atoms with Gasteiger partial charge in [-0.05, 0) is 30.4 Å². The van der Waals surface area contributed by atoms with Crippen LogP contribution in [0, 0.1) is 10.1 Å². The van der Waals surface area contributed by atoms with E-state index in [0.717, 1.165) is 5.69 Å². The number of para-hydroxylation sites is 1. The first-order chi connectivity index (χ1) is 13.3. The van der Waals surface area contributed by atoms with Gasteiger partial charge in [-0.25, -0.2) is 8.42 Å². The number of benzene rings is 2. The minimum absolute atomic E-state index is 0.0273. The number of methoxy groups -OCH3 is 1. The summed E-state index contributed by atoms with van der Waals surface area (Å²) < 4.78 is 30.2. The van der Waals surface area contributed by atoms with Gasteiger partial charge in [0.2, 0.25) is 0 Å². The lowest BCUT2D eigenvalue weighted by atomic mass is 10.1. The summed E-state index contributed by atoms with van der Waals surface area (Å²) in [6.45, 7) is 0. The summed E-state index contributed by atoms with van der Waals surface area (Å²) >= 11 is 5.70. The fourth-order valence-electron chi connectivity index (χ4n) is 3.86. The highest BCUT2D eigenvalue weighted by Gasteiger charge is 2.53. The Morgan fingerprint density at radius 1 is 1.11 bits per heavy atom. The zero-order chi connectivity index (χ0) is 20.1. The van der Waals surface area contributed by atoms with E-state index in [4.69, 9.17) is 17.0 Å². The lowest BCUT2D eigenvalue weighted by Crippen LogP contribution is -2.37. The van der Waals surface area contributed by atoms with Gasteiger partial charge in [-0.3, -0.25) is 10.1 Å². The fraction of sp³-hybridized carbons (Fsp3) is 0.278. The molecule has 146 valence electrons. The maximum absolute atomic E-state index is 12.4. The maximum Gasteiger partial charge on any atom is 0.271 e. The van der Waals surface area contributed by atoms with Crippen molar-refractivity contribution in [2.24, 2.45) is 0 Å². The minimum atomic E-state index is -3.27. The molecule has 2 aliphatic rings. The molecule has 0 N–H and O–H groups in total. The van der Waals surface area contributed by atoms with Gasteiger partial charge in [-0.2, -0.15) is 0 Å². The molecule has 2 fully saturated rings. The van der Waals surface area contributed by atoms with Gasteiger partial charge in [-0.15, -0.1) is 0 Å². The third-order valence-electron chi connectivity index (χ3n) is 5.04. The van der Waals surface area contributed by atoms with Gasteiger partial charge in [-0.1, -0.05) is 18.2 Å². The molecule has 2 heterocycles. The molecule has 2 saturated heterocycles. The molecule has 0 radical (unpaired) electrons. The van der Waals surface area contributed by atoms with Gasteiger partial charge in [0.1, 0.15) is 5.75 Å². The first kappa shape index (κ1) is 18.6. The molecule has 2 atom stereocenters. The number of hydrogen-bond donors (Lipinski definition) is 0. The average Bonchev–Trinajstić information content (AvgIpc) is 3.10. The Morgan fingerprint density at radius 3 is 2.36 bits per heavy atom. The van der Waals surface area contributed by atoms with E-state index in [2.05, 4.69) is 0 Å². The molecule has 28 heavy (non-hydrogen) atoms. The predicted octanol–water partition coefficient (Wildman–Crippen LogP) is 2.38. The number of anilines is 2. The van der Waals surface area contributed by atoms with Gasteiger partial charge in [0.05, 0.1) is 41.3 Å². The number of sulfone groups is 1. The van der Waals surface area contributed by atoms with E-state index in [0.29, 0.717) is 16.5 Å². The molecule has 10 heteroatoms. The Morgan fingerprint density at radius 2 is 1.75 bits per heavy atom. The van der Waals surface area contributed by atoms with Crippen molar-refractivity contribution in [2.45, 2.75) is 12.1 Å². The van der Waals surface area contributed by atoms with Crippen LogP contribution in [-0.2, 0) is 9.84 Å². The van der Waals surface area contributed by atoms with Crippen molar-refractivity contribution in [3.63, 3.8) is 0 Å². The number of hydrogen-bond acceptors (Lipinski definition) is 6. The molecule has 0 spiro atoms. The Bertz CT molecular complexity index is 1060. The zero-order valence-corrected chi connectivity index (χ0v) is 16.5. The molecule has 8 nitrogen and oxygen atoms in total. The highest BCUT2D eigenvalue weighted by atomic mass is 32.2. The lowest BCUT2D eigenvalue weighted by Gasteiger charge is -2.26. The quantitative estimate of drug-likeness (QED) is 0.424. The van der Waals surface area contributed by atoms with Crippen molar-refractivity contribution >= 4 is 44.2 Å². The van der Waals surface area contributed by atoms with Crippen LogP contribution >= 0.6 is 12.2 Å². The van der Waals surface area contributed by atoms with Crippen LogP contribution < -0.4 is 14.5 Å². The molecule has 0 aromatic heterocycles. The molecule has 2 aromatic rings. The largest absolute Gasteiger partial charge is 0.495 e. The van der Waals surface area contributed by atoms with Crippen LogP contribution in [0.15, 0.2) is 48.5 Å². The SMILES string of the molecule is COc1ccc([N+](=O)[O-])cc1N1C(=S)N(c2ccccc2)C2CS(=O)(=O)CC21. The first-order valence-corrected chi connectivity index (χ1v) is 10.8. The Balaban J connectivity index is 1.86. The Labute approximate surface area is 167 Å². The first-order valence-electron chi connectivity index (χ1n) is 8.53. The van der Waals surface area contributed by atoms with E-state index in [1.165, 1.54) is 25.3 Å². The highest BCUT2D eigenvalue weighted by Crippen LogP contribution is 2.42. The van der Waals surface area contributed by atoms with E-state index >= 15 is 0 Å². The minimum Gasteiger partial charge on any atom is -0.495 e. The molecule has 0 aliphatic carbocycles. The number of fused-ring (bicyclic) bond motifs is 1. The predicted molar refractivity (Wildman–Crippen MR) is 110 cm³/mol.